The van der Waals surface area contributed by atoms with Gasteiger partial charge in [-0.15, -0.1) is 0 Å². The highest BCUT2D eigenvalue weighted by atomic mass is 15.5. The van der Waals surface area contributed by atoms with Crippen LogP contribution < -0.4 is 5.84 Å². The van der Waals surface area contributed by atoms with Crippen LogP contribution in [-0.2, 0) is 0 Å². The molecule has 1 heterocycles. The second-order valence-corrected chi connectivity index (χ2v) is 1.86. The summed E-state index contributed by atoms with van der Waals surface area (Å²) in [5, 5.41) is 3.91. The molecule has 0 aliphatic heterocycles. The van der Waals surface area contributed by atoms with E-state index in [1.165, 1.54) is 4.79 Å². The molecule has 3 heteroatoms. The second kappa shape index (κ2) is 1.93. The number of hydrogen-bond acceptors (Lipinski definition) is 2. The van der Waals surface area contributed by atoms with E-state index in [9.17, 15) is 0 Å². The number of nitrogens with two attached hydrogens (primary N) is 1. The summed E-state index contributed by atoms with van der Waals surface area (Å²) in [5.41, 5.74) is 1.75. The highest BCUT2D eigenvalue weighted by Crippen LogP contribution is 1.99. The van der Waals surface area contributed by atoms with Gasteiger partial charge in [-0.1, -0.05) is 6.58 Å². The first-order chi connectivity index (χ1) is 4.24. The molecule has 1 aromatic rings. The quantitative estimate of drug-likeness (QED) is 0.554. The Morgan fingerprint density at radius 2 is 2.56 bits per heavy atom. The normalized spacial score (nSPS) is 9.44. The average molecular weight is 123 g/mol. The SMILES string of the molecule is C=Cc1cc(C)nn1N. The van der Waals surface area contributed by atoms with Crippen molar-refractivity contribution < 1.29 is 0 Å². The predicted octanol–water partition coefficient (Wildman–Crippen LogP) is 0.548. The van der Waals surface area contributed by atoms with Crippen LogP contribution >= 0.6 is 0 Å². The minimum atomic E-state index is 0.840. The summed E-state index contributed by atoms with van der Waals surface area (Å²) >= 11 is 0. The van der Waals surface area contributed by atoms with Crippen molar-refractivity contribution >= 4 is 6.08 Å². The summed E-state index contributed by atoms with van der Waals surface area (Å²) in [7, 11) is 0. The van der Waals surface area contributed by atoms with Crippen LogP contribution in [0.3, 0.4) is 0 Å². The van der Waals surface area contributed by atoms with Gasteiger partial charge in [0.15, 0.2) is 0 Å². The Morgan fingerprint density at radius 1 is 1.89 bits per heavy atom. The van der Waals surface area contributed by atoms with E-state index < -0.39 is 0 Å². The Morgan fingerprint density at radius 3 is 2.78 bits per heavy atom. The van der Waals surface area contributed by atoms with Crippen LogP contribution in [0.1, 0.15) is 11.4 Å². The first kappa shape index (κ1) is 5.88. The van der Waals surface area contributed by atoms with Crippen LogP contribution in [0, 0.1) is 6.92 Å². The third-order valence-electron chi connectivity index (χ3n) is 1.10. The van der Waals surface area contributed by atoms with Gasteiger partial charge in [0.05, 0.1) is 11.4 Å². The molecule has 0 aliphatic carbocycles. The summed E-state index contributed by atoms with van der Waals surface area (Å²) in [6.45, 7) is 5.45. The summed E-state index contributed by atoms with van der Waals surface area (Å²) in [5.74, 6) is 5.39. The number of nitrogens with zero attached hydrogens (tertiary/aromatic N) is 2. The Hall–Kier alpha value is -1.25. The molecule has 0 saturated carbocycles. The third-order valence-corrected chi connectivity index (χ3v) is 1.10. The molecule has 48 valence electrons. The highest BCUT2D eigenvalue weighted by molar-refractivity contribution is 5.42. The van der Waals surface area contributed by atoms with E-state index in [1.54, 1.807) is 6.08 Å². The van der Waals surface area contributed by atoms with Gasteiger partial charge in [-0.2, -0.15) is 9.89 Å². The maximum atomic E-state index is 5.39. The van der Waals surface area contributed by atoms with E-state index in [-0.39, 0.29) is 0 Å². The van der Waals surface area contributed by atoms with Gasteiger partial charge >= 0.3 is 0 Å². The van der Waals surface area contributed by atoms with Gasteiger partial charge in [-0.3, -0.25) is 0 Å². The van der Waals surface area contributed by atoms with Crippen LogP contribution in [0.15, 0.2) is 12.6 Å². The van der Waals surface area contributed by atoms with Crippen molar-refractivity contribution in [3.05, 3.63) is 24.0 Å². The van der Waals surface area contributed by atoms with Crippen LogP contribution in [0.5, 0.6) is 0 Å². The molecular formula is C6H9N3. The summed E-state index contributed by atoms with van der Waals surface area (Å²) in [6, 6.07) is 1.87. The lowest BCUT2D eigenvalue weighted by atomic mass is 10.4. The number of aryl methyl sites for hydroxylation is 1. The number of aromatic nitrogens is 2. The minimum absolute atomic E-state index is 0.840. The Kier molecular flexibility index (Phi) is 1.26. The molecule has 0 fully saturated rings. The molecule has 0 unspecified atom stereocenters. The van der Waals surface area contributed by atoms with E-state index in [0.717, 1.165) is 11.4 Å². The number of hydrogen-bond donors (Lipinski definition) is 1. The Labute approximate surface area is 53.8 Å². The Balaban J connectivity index is 3.15. The van der Waals surface area contributed by atoms with Crippen molar-refractivity contribution in [2.45, 2.75) is 6.92 Å². The first-order valence-electron chi connectivity index (χ1n) is 2.68. The first-order valence-corrected chi connectivity index (χ1v) is 2.68. The maximum Gasteiger partial charge on any atom is 0.0840 e. The molecule has 0 spiro atoms. The van der Waals surface area contributed by atoms with Crippen LogP contribution in [0.4, 0.5) is 0 Å². The van der Waals surface area contributed by atoms with Crippen LogP contribution in [0.2, 0.25) is 0 Å². The number of nitrogen functional groups attached to an aromatic ring is 1. The second-order valence-electron chi connectivity index (χ2n) is 1.86. The lowest BCUT2D eigenvalue weighted by molar-refractivity contribution is 0.809. The highest BCUT2D eigenvalue weighted by Gasteiger charge is 1.94. The van der Waals surface area contributed by atoms with E-state index in [1.807, 2.05) is 13.0 Å². The van der Waals surface area contributed by atoms with Crippen molar-refractivity contribution in [3.63, 3.8) is 0 Å². The monoisotopic (exact) mass is 123 g/mol. The molecule has 0 amide bonds. The van der Waals surface area contributed by atoms with Crippen molar-refractivity contribution in [2.75, 3.05) is 5.84 Å². The zero-order valence-electron chi connectivity index (χ0n) is 5.33. The molecule has 1 rings (SSSR count). The van der Waals surface area contributed by atoms with Crippen molar-refractivity contribution in [2.24, 2.45) is 0 Å². The van der Waals surface area contributed by atoms with Gasteiger partial charge in [-0.25, -0.2) is 0 Å². The van der Waals surface area contributed by atoms with Gasteiger partial charge in [0.1, 0.15) is 0 Å². The molecule has 0 radical (unpaired) electrons. The molecule has 1 aromatic heterocycles. The zero-order valence-corrected chi connectivity index (χ0v) is 5.33. The standard InChI is InChI=1S/C6H9N3/c1-3-6-4-5(2)8-9(6)7/h3-4H,1,7H2,2H3. The van der Waals surface area contributed by atoms with Crippen LogP contribution in [0.25, 0.3) is 6.08 Å². The van der Waals surface area contributed by atoms with Gasteiger partial charge in [-0.05, 0) is 19.1 Å². The largest absolute Gasteiger partial charge is 0.323 e. The van der Waals surface area contributed by atoms with E-state index in [0.29, 0.717) is 0 Å². The molecule has 0 aromatic carbocycles. The molecular weight excluding hydrogens is 114 g/mol. The summed E-state index contributed by atoms with van der Waals surface area (Å²) in [6.07, 6.45) is 1.67. The molecule has 0 atom stereocenters. The van der Waals surface area contributed by atoms with Crippen molar-refractivity contribution in [1.82, 2.24) is 9.89 Å². The van der Waals surface area contributed by atoms with Gasteiger partial charge in [0, 0.05) is 0 Å². The lowest BCUT2D eigenvalue weighted by Gasteiger charge is -1.89. The fraction of sp³-hybridized carbons (Fsp3) is 0.167. The minimum Gasteiger partial charge on any atom is -0.323 e. The third kappa shape index (κ3) is 0.937. The zero-order chi connectivity index (χ0) is 6.85. The van der Waals surface area contributed by atoms with Gasteiger partial charge in [0.25, 0.3) is 0 Å². The van der Waals surface area contributed by atoms with Gasteiger partial charge < -0.3 is 5.84 Å². The molecule has 0 bridgehead atoms. The van der Waals surface area contributed by atoms with Crippen molar-refractivity contribution in [3.8, 4) is 0 Å². The Bertz CT molecular complexity index is 224. The summed E-state index contributed by atoms with van der Waals surface area (Å²) in [4.78, 5) is 1.31. The molecule has 9 heavy (non-hydrogen) atoms. The maximum absolute atomic E-state index is 5.39. The van der Waals surface area contributed by atoms with E-state index >= 15 is 0 Å². The topological polar surface area (TPSA) is 43.8 Å². The molecule has 2 N–H and O–H groups in total. The lowest BCUT2D eigenvalue weighted by Crippen LogP contribution is -2.11. The van der Waals surface area contributed by atoms with Gasteiger partial charge in [0.2, 0.25) is 0 Å². The summed E-state index contributed by atoms with van der Waals surface area (Å²) < 4.78 is 0. The molecule has 3 nitrogen and oxygen atoms in total. The van der Waals surface area contributed by atoms with Crippen LogP contribution in [-0.4, -0.2) is 9.89 Å². The van der Waals surface area contributed by atoms with E-state index in [4.69, 9.17) is 5.84 Å². The fourth-order valence-electron chi connectivity index (χ4n) is 0.689. The van der Waals surface area contributed by atoms with Crippen molar-refractivity contribution in [1.29, 1.82) is 0 Å². The predicted molar refractivity (Wildman–Crippen MR) is 37.2 cm³/mol. The van der Waals surface area contributed by atoms with E-state index in [2.05, 4.69) is 11.7 Å². The fourth-order valence-corrected chi connectivity index (χ4v) is 0.689. The number of rotatable bonds is 1. The molecule has 0 saturated heterocycles. The smallest absolute Gasteiger partial charge is 0.0840 e. The average Bonchev–Trinajstić information content (AvgIpc) is 2.10. The molecule has 0 aliphatic rings.